The van der Waals surface area contributed by atoms with Crippen LogP contribution in [0.2, 0.25) is 20.1 Å². The van der Waals surface area contributed by atoms with Gasteiger partial charge >= 0.3 is 0 Å². The van der Waals surface area contributed by atoms with Crippen molar-refractivity contribution in [1.29, 1.82) is 0 Å². The first-order valence-electron chi connectivity index (χ1n) is 13.1. The third-order valence-electron chi connectivity index (χ3n) is 7.28. The van der Waals surface area contributed by atoms with Gasteiger partial charge in [0.15, 0.2) is 14.3 Å². The van der Waals surface area contributed by atoms with Gasteiger partial charge in [-0.1, -0.05) is 64.6 Å². The molecule has 5 aromatic rings. The van der Waals surface area contributed by atoms with E-state index in [-0.39, 0.29) is 0 Å². The molecular weight excluding hydrogens is 646 g/mol. The average Bonchev–Trinajstić information content (AvgIpc) is 2.98. The monoisotopic (exact) mass is 671 g/mol. The molecule has 0 aromatic heterocycles. The smallest absolute Gasteiger partial charge is 0.172 e. The summed E-state index contributed by atoms with van der Waals surface area (Å²) in [6.07, 6.45) is 0. The Morgan fingerprint density at radius 1 is 0.476 bits per heavy atom. The number of hydrogen-bond donors (Lipinski definition) is 1. The van der Waals surface area contributed by atoms with E-state index >= 15 is 9.13 Å². The summed E-state index contributed by atoms with van der Waals surface area (Å²) >= 11 is 25.2. The lowest BCUT2D eigenvalue weighted by molar-refractivity contribution is 0.576. The van der Waals surface area contributed by atoms with Crippen LogP contribution in [-0.4, -0.2) is 5.52 Å². The number of rotatable bonds is 8. The lowest BCUT2D eigenvalue weighted by Gasteiger charge is -2.37. The van der Waals surface area contributed by atoms with Crippen molar-refractivity contribution < 1.29 is 9.13 Å². The van der Waals surface area contributed by atoms with Crippen LogP contribution in [0, 0.1) is 13.8 Å². The molecule has 9 heteroatoms. The summed E-state index contributed by atoms with van der Waals surface area (Å²) in [5.41, 5.74) is 1.50. The number of para-hydroxylation sites is 1. The maximum atomic E-state index is 16.1. The van der Waals surface area contributed by atoms with Crippen molar-refractivity contribution in [3.8, 4) is 0 Å². The van der Waals surface area contributed by atoms with Crippen LogP contribution in [0.25, 0.3) is 0 Å². The fraction of sp³-hybridized carbons (Fsp3) is 0.0909. The average molecular weight is 673 g/mol. The SMILES string of the molecule is Cc1cccc(C)c1NC(P(=O)(c1ccc(Cl)cc1)c1ccc(Cl)cc1)P(=O)(c1ccc(Cl)cc1)c1ccc(Cl)cc1. The Hall–Kier alpha value is -2.48. The second-order valence-electron chi connectivity index (χ2n) is 10.0. The predicted octanol–water partition coefficient (Wildman–Crippen LogP) is 9.64. The summed E-state index contributed by atoms with van der Waals surface area (Å²) in [6.45, 7) is 3.94. The van der Waals surface area contributed by atoms with Gasteiger partial charge in [-0.15, -0.1) is 0 Å². The summed E-state index contributed by atoms with van der Waals surface area (Å²) in [6, 6.07) is 33.4. The van der Waals surface area contributed by atoms with Crippen molar-refractivity contribution in [2.75, 3.05) is 5.32 Å². The minimum atomic E-state index is -3.81. The Labute approximate surface area is 266 Å². The minimum absolute atomic E-state index is 0.499. The van der Waals surface area contributed by atoms with Crippen LogP contribution in [0.5, 0.6) is 0 Å². The molecule has 0 spiro atoms. The zero-order chi connectivity index (χ0) is 30.1. The van der Waals surface area contributed by atoms with Gasteiger partial charge in [0, 0.05) is 47.0 Å². The molecule has 5 rings (SSSR count). The van der Waals surface area contributed by atoms with E-state index in [1.54, 1.807) is 97.1 Å². The first-order valence-corrected chi connectivity index (χ1v) is 18.2. The number of benzene rings is 5. The van der Waals surface area contributed by atoms with E-state index in [0.717, 1.165) is 16.8 Å². The number of nitrogens with one attached hydrogen (secondary N) is 1. The second kappa shape index (κ2) is 12.6. The van der Waals surface area contributed by atoms with E-state index in [9.17, 15) is 0 Å². The lowest BCUT2D eigenvalue weighted by atomic mass is 10.1. The molecule has 0 unspecified atom stereocenters. The van der Waals surface area contributed by atoms with Crippen molar-refractivity contribution in [3.63, 3.8) is 0 Å². The molecule has 0 aliphatic heterocycles. The van der Waals surface area contributed by atoms with Crippen molar-refractivity contribution in [2.45, 2.75) is 19.4 Å². The van der Waals surface area contributed by atoms with Crippen molar-refractivity contribution in [2.24, 2.45) is 0 Å². The molecule has 5 aromatic carbocycles. The van der Waals surface area contributed by atoms with Gasteiger partial charge in [-0.3, -0.25) is 0 Å². The molecular formula is C33H27Cl4NO2P2. The van der Waals surface area contributed by atoms with E-state index in [4.69, 9.17) is 46.4 Å². The van der Waals surface area contributed by atoms with Gasteiger partial charge in [0.25, 0.3) is 0 Å². The minimum Gasteiger partial charge on any atom is -0.368 e. The zero-order valence-corrected chi connectivity index (χ0v) is 27.6. The number of hydrogen-bond acceptors (Lipinski definition) is 3. The third-order valence-corrected chi connectivity index (χ3v) is 16.1. The quantitative estimate of drug-likeness (QED) is 0.167. The van der Waals surface area contributed by atoms with E-state index in [1.807, 2.05) is 32.0 Å². The molecule has 0 aliphatic carbocycles. The molecule has 0 atom stereocenters. The normalized spacial score (nSPS) is 12.0. The van der Waals surface area contributed by atoms with Gasteiger partial charge in [-0.2, -0.15) is 0 Å². The molecule has 3 nitrogen and oxygen atoms in total. The van der Waals surface area contributed by atoms with E-state index in [1.165, 1.54) is 0 Å². The molecule has 0 radical (unpaired) electrons. The molecule has 0 fully saturated rings. The second-order valence-corrected chi connectivity index (χ2v) is 17.9. The summed E-state index contributed by atoms with van der Waals surface area (Å²) in [5.74, 6) is 0. The van der Waals surface area contributed by atoms with Gasteiger partial charge < -0.3 is 14.4 Å². The van der Waals surface area contributed by atoms with Crippen molar-refractivity contribution >= 4 is 87.6 Å². The summed E-state index contributed by atoms with van der Waals surface area (Å²) < 4.78 is 32.2. The number of halogens is 4. The highest BCUT2D eigenvalue weighted by Crippen LogP contribution is 2.66. The molecule has 0 saturated heterocycles. The zero-order valence-electron chi connectivity index (χ0n) is 22.8. The van der Waals surface area contributed by atoms with Crippen LogP contribution in [-0.2, 0) is 9.13 Å². The van der Waals surface area contributed by atoms with Crippen LogP contribution in [0.4, 0.5) is 5.69 Å². The van der Waals surface area contributed by atoms with Gasteiger partial charge in [0.05, 0.1) is 0 Å². The Morgan fingerprint density at radius 2 is 0.738 bits per heavy atom. The topological polar surface area (TPSA) is 46.2 Å². The Morgan fingerprint density at radius 3 is 1.00 bits per heavy atom. The van der Waals surface area contributed by atoms with Gasteiger partial charge in [0.1, 0.15) is 5.52 Å². The maximum absolute atomic E-state index is 16.1. The summed E-state index contributed by atoms with van der Waals surface area (Å²) in [7, 11) is -7.63. The van der Waals surface area contributed by atoms with Crippen LogP contribution in [0.15, 0.2) is 115 Å². The summed E-state index contributed by atoms with van der Waals surface area (Å²) in [5, 5.41) is 7.59. The standard InChI is InChI=1S/C33H27Cl4NO2P2/c1-22-4-3-5-23(2)32(22)38-33(41(39,28-14-6-24(34)7-15-28)29-16-8-25(35)9-17-29)42(40,30-18-10-26(36)11-19-30)31-20-12-27(37)13-21-31/h3-21,33,38H,1-2H3. The van der Waals surface area contributed by atoms with E-state index in [2.05, 4.69) is 5.32 Å². The highest BCUT2D eigenvalue weighted by molar-refractivity contribution is 7.95. The highest BCUT2D eigenvalue weighted by atomic mass is 35.5. The van der Waals surface area contributed by atoms with Crippen LogP contribution >= 0.6 is 60.7 Å². The number of anilines is 1. The largest absolute Gasteiger partial charge is 0.368 e. The molecule has 0 bridgehead atoms. The molecule has 42 heavy (non-hydrogen) atoms. The number of aryl methyl sites for hydroxylation is 2. The van der Waals surface area contributed by atoms with Crippen molar-refractivity contribution in [3.05, 3.63) is 146 Å². The van der Waals surface area contributed by atoms with E-state index in [0.29, 0.717) is 41.3 Å². The van der Waals surface area contributed by atoms with Crippen molar-refractivity contribution in [1.82, 2.24) is 0 Å². The van der Waals surface area contributed by atoms with Crippen LogP contribution in [0.1, 0.15) is 11.1 Å². The van der Waals surface area contributed by atoms with Gasteiger partial charge in [-0.25, -0.2) is 0 Å². The van der Waals surface area contributed by atoms with Gasteiger partial charge in [0.2, 0.25) is 0 Å². The third kappa shape index (κ3) is 5.97. The molecule has 1 N–H and O–H groups in total. The molecule has 0 heterocycles. The van der Waals surface area contributed by atoms with Gasteiger partial charge in [-0.05, 0) is 122 Å². The molecule has 214 valence electrons. The van der Waals surface area contributed by atoms with Crippen LogP contribution < -0.4 is 26.5 Å². The molecule has 0 amide bonds. The fourth-order valence-electron chi connectivity index (χ4n) is 5.10. The Balaban J connectivity index is 1.91. The first kappa shape index (κ1) is 31.0. The van der Waals surface area contributed by atoms with Crippen LogP contribution in [0.3, 0.4) is 0 Å². The highest BCUT2D eigenvalue weighted by Gasteiger charge is 2.50. The molecule has 0 aliphatic rings. The summed E-state index contributed by atoms with van der Waals surface area (Å²) in [4.78, 5) is 0. The Bertz CT molecular complexity index is 1580. The first-order chi connectivity index (χ1) is 20.0. The Kier molecular flexibility index (Phi) is 9.31. The maximum Gasteiger partial charge on any atom is 0.172 e. The fourth-order valence-corrected chi connectivity index (χ4v) is 13.7. The molecule has 0 saturated carbocycles. The lowest BCUT2D eigenvalue weighted by Crippen LogP contribution is -2.38. The predicted molar refractivity (Wildman–Crippen MR) is 183 cm³/mol. The van der Waals surface area contributed by atoms with E-state index < -0.39 is 19.8 Å².